The Labute approximate surface area is 83.3 Å². The van der Waals surface area contributed by atoms with Crippen molar-refractivity contribution < 1.29 is 9.21 Å². The minimum atomic E-state index is -0.569. The number of carbonyl (C=O) groups excluding carboxylic acids is 1. The van der Waals surface area contributed by atoms with E-state index in [0.29, 0.717) is 21.7 Å². The minimum absolute atomic E-state index is 0.302. The van der Waals surface area contributed by atoms with E-state index in [2.05, 4.69) is 4.98 Å². The Kier molecular flexibility index (Phi) is 1.98. The van der Waals surface area contributed by atoms with Crippen LogP contribution in [0.25, 0.3) is 11.1 Å². The summed E-state index contributed by atoms with van der Waals surface area (Å²) >= 11 is 11.1. The van der Waals surface area contributed by atoms with E-state index < -0.39 is 5.24 Å². The predicted octanol–water partition coefficient (Wildman–Crippen LogP) is 2.86. The van der Waals surface area contributed by atoms with Crippen LogP contribution in [0.3, 0.4) is 0 Å². The van der Waals surface area contributed by atoms with Crippen molar-refractivity contribution in [1.29, 1.82) is 0 Å². The molecular formula is C8H3Cl2NO2. The van der Waals surface area contributed by atoms with Crippen LogP contribution in [0, 0.1) is 0 Å². The summed E-state index contributed by atoms with van der Waals surface area (Å²) in [6.07, 6.45) is 1.26. The highest BCUT2D eigenvalue weighted by Crippen LogP contribution is 2.24. The van der Waals surface area contributed by atoms with Gasteiger partial charge in [0.25, 0.3) is 5.24 Å². The summed E-state index contributed by atoms with van der Waals surface area (Å²) in [6.45, 7) is 0. The highest BCUT2D eigenvalue weighted by molar-refractivity contribution is 6.68. The molecule has 1 heterocycles. The number of hydrogen-bond donors (Lipinski definition) is 0. The topological polar surface area (TPSA) is 43.1 Å². The number of nitrogens with zero attached hydrogens (tertiary/aromatic N) is 1. The van der Waals surface area contributed by atoms with Crippen LogP contribution in [0.2, 0.25) is 5.02 Å². The van der Waals surface area contributed by atoms with Crippen LogP contribution in [0.4, 0.5) is 0 Å². The first-order valence-corrected chi connectivity index (χ1v) is 4.16. The molecule has 3 nitrogen and oxygen atoms in total. The molecule has 0 bridgehead atoms. The highest BCUT2D eigenvalue weighted by Gasteiger charge is 2.09. The first-order chi connectivity index (χ1) is 6.18. The lowest BCUT2D eigenvalue weighted by Gasteiger charge is -1.94. The van der Waals surface area contributed by atoms with Crippen molar-refractivity contribution in [2.75, 3.05) is 0 Å². The van der Waals surface area contributed by atoms with E-state index in [1.807, 2.05) is 0 Å². The number of oxazole rings is 1. The Morgan fingerprint density at radius 3 is 2.92 bits per heavy atom. The quantitative estimate of drug-likeness (QED) is 0.688. The van der Waals surface area contributed by atoms with Gasteiger partial charge in [-0.15, -0.1) is 0 Å². The van der Waals surface area contributed by atoms with Crippen LogP contribution in [-0.2, 0) is 0 Å². The maximum absolute atomic E-state index is 10.8. The standard InChI is InChI=1S/C8H3Cl2NO2/c9-5-1-4(8(10)12)2-6-7(5)11-3-13-6/h1-3H. The Morgan fingerprint density at radius 1 is 1.46 bits per heavy atom. The second-order valence-electron chi connectivity index (χ2n) is 2.43. The zero-order valence-corrected chi connectivity index (χ0v) is 7.76. The third kappa shape index (κ3) is 1.41. The van der Waals surface area contributed by atoms with Crippen molar-refractivity contribution in [2.24, 2.45) is 0 Å². The molecule has 66 valence electrons. The van der Waals surface area contributed by atoms with Gasteiger partial charge in [0.05, 0.1) is 5.02 Å². The molecule has 0 atom stereocenters. The molecule has 0 aliphatic heterocycles. The number of rotatable bonds is 1. The number of fused-ring (bicyclic) bond motifs is 1. The summed E-state index contributed by atoms with van der Waals surface area (Å²) in [5, 5.41) is -0.213. The molecule has 0 spiro atoms. The van der Waals surface area contributed by atoms with Crippen LogP contribution >= 0.6 is 23.2 Å². The summed E-state index contributed by atoms with van der Waals surface area (Å²) in [6, 6.07) is 2.96. The zero-order chi connectivity index (χ0) is 9.42. The van der Waals surface area contributed by atoms with Gasteiger partial charge in [0.2, 0.25) is 0 Å². The maximum Gasteiger partial charge on any atom is 0.252 e. The van der Waals surface area contributed by atoms with Gasteiger partial charge in [-0.1, -0.05) is 11.6 Å². The van der Waals surface area contributed by atoms with E-state index in [0.717, 1.165) is 0 Å². The van der Waals surface area contributed by atoms with E-state index in [4.69, 9.17) is 27.6 Å². The fourth-order valence-electron chi connectivity index (χ4n) is 1.04. The van der Waals surface area contributed by atoms with Gasteiger partial charge in [0, 0.05) is 5.56 Å². The van der Waals surface area contributed by atoms with Gasteiger partial charge in [-0.2, -0.15) is 0 Å². The number of halogens is 2. The van der Waals surface area contributed by atoms with Crippen LogP contribution in [0.15, 0.2) is 22.9 Å². The molecule has 0 saturated carbocycles. The van der Waals surface area contributed by atoms with Crippen molar-refractivity contribution in [2.45, 2.75) is 0 Å². The largest absolute Gasteiger partial charge is 0.443 e. The van der Waals surface area contributed by atoms with E-state index in [-0.39, 0.29) is 0 Å². The monoisotopic (exact) mass is 215 g/mol. The SMILES string of the molecule is O=C(Cl)c1cc(Cl)c2ncoc2c1. The van der Waals surface area contributed by atoms with Crippen molar-refractivity contribution in [3.8, 4) is 0 Å². The second kappa shape index (κ2) is 3.01. The Hall–Kier alpha value is -1.06. The van der Waals surface area contributed by atoms with E-state index in [1.54, 1.807) is 0 Å². The van der Waals surface area contributed by atoms with Crippen molar-refractivity contribution >= 4 is 39.5 Å². The lowest BCUT2D eigenvalue weighted by molar-refractivity contribution is 0.108. The van der Waals surface area contributed by atoms with Gasteiger partial charge in [-0.3, -0.25) is 4.79 Å². The predicted molar refractivity (Wildman–Crippen MR) is 49.2 cm³/mol. The van der Waals surface area contributed by atoms with E-state index >= 15 is 0 Å². The molecule has 5 heteroatoms. The molecule has 0 N–H and O–H groups in total. The van der Waals surface area contributed by atoms with E-state index in [1.165, 1.54) is 18.5 Å². The molecule has 13 heavy (non-hydrogen) atoms. The molecule has 1 aromatic carbocycles. The molecule has 1 aromatic heterocycles. The molecule has 0 aliphatic rings. The highest BCUT2D eigenvalue weighted by atomic mass is 35.5. The van der Waals surface area contributed by atoms with Gasteiger partial charge in [0.1, 0.15) is 5.52 Å². The number of aromatic nitrogens is 1. The Morgan fingerprint density at radius 2 is 2.23 bits per heavy atom. The summed E-state index contributed by atoms with van der Waals surface area (Å²) in [5.74, 6) is 0. The van der Waals surface area contributed by atoms with Crippen LogP contribution in [0.5, 0.6) is 0 Å². The fraction of sp³-hybridized carbons (Fsp3) is 0. The first kappa shape index (κ1) is 8.53. The summed E-state index contributed by atoms with van der Waals surface area (Å²) in [4.78, 5) is 14.7. The van der Waals surface area contributed by atoms with Gasteiger partial charge < -0.3 is 4.42 Å². The third-order valence-electron chi connectivity index (χ3n) is 1.62. The van der Waals surface area contributed by atoms with Crippen LogP contribution in [0.1, 0.15) is 10.4 Å². The maximum atomic E-state index is 10.8. The van der Waals surface area contributed by atoms with E-state index in [9.17, 15) is 4.79 Å². The summed E-state index contributed by atoms with van der Waals surface area (Å²) in [7, 11) is 0. The summed E-state index contributed by atoms with van der Waals surface area (Å²) in [5.41, 5.74) is 1.29. The molecule has 0 unspecified atom stereocenters. The number of hydrogen-bond acceptors (Lipinski definition) is 3. The molecule has 0 radical (unpaired) electrons. The second-order valence-corrected chi connectivity index (χ2v) is 3.18. The normalized spacial score (nSPS) is 10.6. The molecule has 2 aromatic rings. The number of benzene rings is 1. The molecule has 0 amide bonds. The van der Waals surface area contributed by atoms with Crippen molar-refractivity contribution in [1.82, 2.24) is 4.98 Å². The van der Waals surface area contributed by atoms with Crippen LogP contribution < -0.4 is 0 Å². The van der Waals surface area contributed by atoms with Crippen LogP contribution in [-0.4, -0.2) is 10.2 Å². The smallest absolute Gasteiger partial charge is 0.252 e. The molecule has 2 rings (SSSR count). The molecular weight excluding hydrogens is 213 g/mol. The zero-order valence-electron chi connectivity index (χ0n) is 6.25. The first-order valence-electron chi connectivity index (χ1n) is 3.41. The fourth-order valence-corrected chi connectivity index (χ4v) is 1.41. The van der Waals surface area contributed by atoms with Gasteiger partial charge in [-0.05, 0) is 23.7 Å². The van der Waals surface area contributed by atoms with Crippen molar-refractivity contribution in [3.63, 3.8) is 0 Å². The third-order valence-corrected chi connectivity index (χ3v) is 2.12. The van der Waals surface area contributed by atoms with Crippen molar-refractivity contribution in [3.05, 3.63) is 29.1 Å². The Bertz CT molecular complexity index is 478. The van der Waals surface area contributed by atoms with Gasteiger partial charge in [-0.25, -0.2) is 4.98 Å². The molecule has 0 aliphatic carbocycles. The summed E-state index contributed by atoms with van der Waals surface area (Å²) < 4.78 is 4.98. The van der Waals surface area contributed by atoms with Gasteiger partial charge >= 0.3 is 0 Å². The minimum Gasteiger partial charge on any atom is -0.443 e. The Balaban J connectivity index is 2.77. The van der Waals surface area contributed by atoms with Gasteiger partial charge in [0.15, 0.2) is 12.0 Å². The lowest BCUT2D eigenvalue weighted by atomic mass is 10.2. The lowest BCUT2D eigenvalue weighted by Crippen LogP contribution is -1.88. The molecule has 0 saturated heterocycles. The average Bonchev–Trinajstić information content (AvgIpc) is 2.51. The number of carbonyl (C=O) groups is 1. The molecule has 0 fully saturated rings. The average molecular weight is 216 g/mol.